The summed E-state index contributed by atoms with van der Waals surface area (Å²) in [6.45, 7) is 0.820. The molecule has 1 heterocycles. The first-order valence-electron chi connectivity index (χ1n) is 7.37. The molecule has 0 N–H and O–H groups in total. The number of aryl methyl sites for hydroxylation is 1. The largest absolute Gasteiger partial charge is 0.326 e. The van der Waals surface area contributed by atoms with Gasteiger partial charge in [0.1, 0.15) is 0 Å². The summed E-state index contributed by atoms with van der Waals surface area (Å²) >= 11 is 1.91. The third-order valence-corrected chi connectivity index (χ3v) is 4.51. The zero-order valence-corrected chi connectivity index (χ0v) is 13.5. The molecular formula is C18H19N3S. The van der Waals surface area contributed by atoms with Crippen LogP contribution in [0.5, 0.6) is 0 Å². The SMILES string of the molecule is Cn1c(C=NCCSCc2ccccc2)nc2ccccc21. The summed E-state index contributed by atoms with van der Waals surface area (Å²) in [4.78, 5) is 9.08. The molecule has 0 saturated heterocycles. The number of hydrogen-bond donors (Lipinski definition) is 0. The predicted molar refractivity (Wildman–Crippen MR) is 95.8 cm³/mol. The number of aliphatic imine (C=N–C) groups is 1. The summed E-state index contributed by atoms with van der Waals surface area (Å²) in [7, 11) is 2.03. The number of hydrogen-bond acceptors (Lipinski definition) is 3. The van der Waals surface area contributed by atoms with Gasteiger partial charge in [0.2, 0.25) is 0 Å². The van der Waals surface area contributed by atoms with E-state index in [1.165, 1.54) is 5.56 Å². The molecule has 0 aliphatic carbocycles. The lowest BCUT2D eigenvalue weighted by atomic mass is 10.2. The summed E-state index contributed by atoms with van der Waals surface area (Å²) in [5, 5.41) is 0. The van der Waals surface area contributed by atoms with Crippen molar-refractivity contribution >= 4 is 29.0 Å². The van der Waals surface area contributed by atoms with E-state index in [9.17, 15) is 0 Å². The standard InChI is InChI=1S/C18H19N3S/c1-21-17-10-6-5-9-16(17)20-18(21)13-19-11-12-22-14-15-7-3-2-4-8-15/h2-10,13H,11-12,14H2,1H3. The Morgan fingerprint density at radius 2 is 1.86 bits per heavy atom. The molecule has 0 fully saturated rings. The number of fused-ring (bicyclic) bond motifs is 1. The van der Waals surface area contributed by atoms with Crippen molar-refractivity contribution in [2.75, 3.05) is 12.3 Å². The van der Waals surface area contributed by atoms with Gasteiger partial charge in [-0.1, -0.05) is 42.5 Å². The van der Waals surface area contributed by atoms with E-state index in [1.807, 2.05) is 43.2 Å². The number of imidazole rings is 1. The van der Waals surface area contributed by atoms with Gasteiger partial charge < -0.3 is 4.57 Å². The minimum atomic E-state index is 0.820. The van der Waals surface area contributed by atoms with E-state index in [0.717, 1.165) is 34.9 Å². The van der Waals surface area contributed by atoms with Crippen LogP contribution < -0.4 is 0 Å². The molecule has 1 aromatic heterocycles. The number of nitrogens with zero attached hydrogens (tertiary/aromatic N) is 3. The summed E-state index contributed by atoms with van der Waals surface area (Å²) in [5.74, 6) is 2.98. The van der Waals surface area contributed by atoms with Gasteiger partial charge in [-0.2, -0.15) is 11.8 Å². The van der Waals surface area contributed by atoms with E-state index in [4.69, 9.17) is 0 Å². The van der Waals surface area contributed by atoms with E-state index < -0.39 is 0 Å². The van der Waals surface area contributed by atoms with Crippen molar-refractivity contribution < 1.29 is 0 Å². The first-order chi connectivity index (χ1) is 10.8. The Morgan fingerprint density at radius 1 is 1.09 bits per heavy atom. The molecular weight excluding hydrogens is 290 g/mol. The fraction of sp³-hybridized carbons (Fsp3) is 0.222. The van der Waals surface area contributed by atoms with Crippen molar-refractivity contribution in [1.82, 2.24) is 9.55 Å². The highest BCUT2D eigenvalue weighted by atomic mass is 32.2. The van der Waals surface area contributed by atoms with E-state index in [0.29, 0.717) is 0 Å². The molecule has 0 atom stereocenters. The Labute approximate surface area is 135 Å². The van der Waals surface area contributed by atoms with Gasteiger partial charge in [-0.3, -0.25) is 4.99 Å². The average molecular weight is 309 g/mol. The zero-order valence-electron chi connectivity index (χ0n) is 12.6. The van der Waals surface area contributed by atoms with Gasteiger partial charge in [-0.15, -0.1) is 0 Å². The van der Waals surface area contributed by atoms with Crippen molar-refractivity contribution in [3.8, 4) is 0 Å². The fourth-order valence-electron chi connectivity index (χ4n) is 2.31. The first kappa shape index (κ1) is 14.9. The van der Waals surface area contributed by atoms with Crippen molar-refractivity contribution in [3.05, 3.63) is 66.0 Å². The van der Waals surface area contributed by atoms with Gasteiger partial charge in [0.05, 0.1) is 17.2 Å². The molecule has 3 nitrogen and oxygen atoms in total. The molecule has 2 aromatic carbocycles. The number of para-hydroxylation sites is 2. The maximum absolute atomic E-state index is 4.58. The van der Waals surface area contributed by atoms with Crippen LogP contribution in [0.3, 0.4) is 0 Å². The van der Waals surface area contributed by atoms with Gasteiger partial charge >= 0.3 is 0 Å². The molecule has 3 rings (SSSR count). The molecule has 3 aromatic rings. The normalized spacial score (nSPS) is 11.5. The molecule has 0 radical (unpaired) electrons. The van der Waals surface area contributed by atoms with Crippen LogP contribution in [-0.2, 0) is 12.8 Å². The minimum absolute atomic E-state index is 0.820. The van der Waals surface area contributed by atoms with Crippen LogP contribution in [0.4, 0.5) is 0 Å². The van der Waals surface area contributed by atoms with Crippen molar-refractivity contribution in [3.63, 3.8) is 0 Å². The van der Waals surface area contributed by atoms with Crippen molar-refractivity contribution in [2.45, 2.75) is 5.75 Å². The highest BCUT2D eigenvalue weighted by molar-refractivity contribution is 7.98. The molecule has 0 saturated carbocycles. The summed E-state index contributed by atoms with van der Waals surface area (Å²) in [5.41, 5.74) is 3.53. The summed E-state index contributed by atoms with van der Waals surface area (Å²) < 4.78 is 2.08. The summed E-state index contributed by atoms with van der Waals surface area (Å²) in [6, 6.07) is 18.7. The van der Waals surface area contributed by atoms with Gasteiger partial charge in [0.15, 0.2) is 5.82 Å². The first-order valence-corrected chi connectivity index (χ1v) is 8.53. The summed E-state index contributed by atoms with van der Waals surface area (Å²) in [6.07, 6.45) is 1.88. The molecule has 112 valence electrons. The lowest BCUT2D eigenvalue weighted by Crippen LogP contribution is -1.97. The zero-order chi connectivity index (χ0) is 15.2. The lowest BCUT2D eigenvalue weighted by molar-refractivity contribution is 0.932. The number of thioether (sulfide) groups is 1. The van der Waals surface area contributed by atoms with Gasteiger partial charge in [0.25, 0.3) is 0 Å². The van der Waals surface area contributed by atoms with Crippen LogP contribution in [0.25, 0.3) is 11.0 Å². The molecule has 22 heavy (non-hydrogen) atoms. The Morgan fingerprint density at radius 3 is 2.68 bits per heavy atom. The van der Waals surface area contributed by atoms with Crippen LogP contribution in [0.1, 0.15) is 11.4 Å². The van der Waals surface area contributed by atoms with Gasteiger partial charge in [-0.05, 0) is 17.7 Å². The second kappa shape index (κ2) is 7.27. The number of benzene rings is 2. The minimum Gasteiger partial charge on any atom is -0.326 e. The van der Waals surface area contributed by atoms with E-state index in [2.05, 4.69) is 50.9 Å². The van der Waals surface area contributed by atoms with Crippen LogP contribution in [0.15, 0.2) is 59.6 Å². The number of rotatable bonds is 6. The maximum atomic E-state index is 4.58. The molecule has 0 aliphatic rings. The van der Waals surface area contributed by atoms with Crippen LogP contribution in [-0.4, -0.2) is 28.1 Å². The third kappa shape index (κ3) is 3.57. The second-order valence-electron chi connectivity index (χ2n) is 5.09. The molecule has 0 amide bonds. The van der Waals surface area contributed by atoms with Gasteiger partial charge in [-0.25, -0.2) is 4.98 Å². The van der Waals surface area contributed by atoms with E-state index >= 15 is 0 Å². The van der Waals surface area contributed by atoms with Crippen LogP contribution in [0.2, 0.25) is 0 Å². The molecule has 4 heteroatoms. The smallest absolute Gasteiger partial charge is 0.151 e. The van der Waals surface area contributed by atoms with Crippen LogP contribution >= 0.6 is 11.8 Å². The number of aromatic nitrogens is 2. The fourth-order valence-corrected chi connectivity index (χ4v) is 3.11. The topological polar surface area (TPSA) is 30.2 Å². The van der Waals surface area contributed by atoms with E-state index in [1.54, 1.807) is 0 Å². The highest BCUT2D eigenvalue weighted by Gasteiger charge is 2.03. The monoisotopic (exact) mass is 309 g/mol. The quantitative estimate of drug-likeness (QED) is 0.510. The second-order valence-corrected chi connectivity index (χ2v) is 6.20. The van der Waals surface area contributed by atoms with Crippen molar-refractivity contribution in [2.24, 2.45) is 12.0 Å². The van der Waals surface area contributed by atoms with Crippen LogP contribution in [0, 0.1) is 0 Å². The van der Waals surface area contributed by atoms with Gasteiger partial charge in [0, 0.05) is 25.1 Å². The molecule has 0 bridgehead atoms. The average Bonchev–Trinajstić information content (AvgIpc) is 2.88. The molecule has 0 spiro atoms. The Bertz CT molecular complexity index is 762. The Kier molecular flexibility index (Phi) is 4.91. The maximum Gasteiger partial charge on any atom is 0.151 e. The Hall–Kier alpha value is -2.07. The molecule has 0 unspecified atom stereocenters. The Balaban J connectivity index is 1.50. The van der Waals surface area contributed by atoms with E-state index in [-0.39, 0.29) is 0 Å². The highest BCUT2D eigenvalue weighted by Crippen LogP contribution is 2.13. The van der Waals surface area contributed by atoms with Crippen molar-refractivity contribution in [1.29, 1.82) is 0 Å². The lowest BCUT2D eigenvalue weighted by Gasteiger charge is -1.99. The predicted octanol–water partition coefficient (Wildman–Crippen LogP) is 3.93. The third-order valence-electron chi connectivity index (χ3n) is 3.50. The molecule has 0 aliphatic heterocycles.